The topological polar surface area (TPSA) is 67.3 Å². The van der Waals surface area contributed by atoms with E-state index in [0.29, 0.717) is 5.82 Å². The maximum absolute atomic E-state index is 12.5. The first-order valence-electron chi connectivity index (χ1n) is 7.73. The van der Waals surface area contributed by atoms with Crippen molar-refractivity contribution in [3.8, 4) is 5.75 Å². The van der Waals surface area contributed by atoms with Crippen LogP contribution in [0.2, 0.25) is 0 Å². The van der Waals surface area contributed by atoms with Gasteiger partial charge in [-0.25, -0.2) is 9.97 Å². The Morgan fingerprint density at radius 2 is 1.72 bits per heavy atom. The van der Waals surface area contributed by atoms with Crippen molar-refractivity contribution in [2.75, 3.05) is 24.4 Å². The van der Waals surface area contributed by atoms with Crippen LogP contribution in [0.1, 0.15) is 10.5 Å². The molecule has 0 bridgehead atoms. The lowest BCUT2D eigenvalue weighted by Gasteiger charge is -2.16. The molecule has 1 amide bonds. The molecule has 0 saturated heterocycles. The van der Waals surface area contributed by atoms with Gasteiger partial charge in [-0.3, -0.25) is 4.79 Å². The molecule has 0 aliphatic heterocycles. The third kappa shape index (κ3) is 3.92. The Hall–Kier alpha value is -3.41. The Kier molecular flexibility index (Phi) is 4.89. The quantitative estimate of drug-likeness (QED) is 0.773. The number of methoxy groups -OCH3 is 1. The van der Waals surface area contributed by atoms with Crippen molar-refractivity contribution < 1.29 is 9.53 Å². The van der Waals surface area contributed by atoms with E-state index in [4.69, 9.17) is 4.74 Å². The van der Waals surface area contributed by atoms with Crippen molar-refractivity contribution in [1.29, 1.82) is 0 Å². The molecule has 2 aromatic carbocycles. The van der Waals surface area contributed by atoms with E-state index in [-0.39, 0.29) is 11.6 Å². The summed E-state index contributed by atoms with van der Waals surface area (Å²) in [6, 6.07) is 16.9. The Morgan fingerprint density at radius 3 is 2.32 bits per heavy atom. The largest absolute Gasteiger partial charge is 0.497 e. The lowest BCUT2D eigenvalue weighted by molar-refractivity contribution is 0.0988. The number of nitrogens with zero attached hydrogens (tertiary/aromatic N) is 3. The fraction of sp³-hybridized carbons (Fsp3) is 0.105. The van der Waals surface area contributed by atoms with Gasteiger partial charge in [0.15, 0.2) is 0 Å². The molecule has 0 saturated carbocycles. The average molecular weight is 334 g/mol. The molecule has 126 valence electrons. The van der Waals surface area contributed by atoms with Crippen LogP contribution in [0.4, 0.5) is 17.2 Å². The SMILES string of the molecule is COc1ccc(Nc2cnc(C(=O)N(C)c3ccccc3)cn2)cc1. The summed E-state index contributed by atoms with van der Waals surface area (Å²) in [7, 11) is 3.33. The minimum Gasteiger partial charge on any atom is -0.497 e. The lowest BCUT2D eigenvalue weighted by Crippen LogP contribution is -2.27. The number of amides is 1. The van der Waals surface area contributed by atoms with Crippen LogP contribution >= 0.6 is 0 Å². The summed E-state index contributed by atoms with van der Waals surface area (Å²) in [5.74, 6) is 1.13. The molecular formula is C19H18N4O2. The van der Waals surface area contributed by atoms with Gasteiger partial charge in [-0.05, 0) is 36.4 Å². The average Bonchev–Trinajstić information content (AvgIpc) is 2.69. The first kappa shape index (κ1) is 16.4. The molecule has 1 N–H and O–H groups in total. The maximum atomic E-state index is 12.5. The van der Waals surface area contributed by atoms with Crippen LogP contribution < -0.4 is 15.0 Å². The molecule has 0 atom stereocenters. The Balaban J connectivity index is 1.70. The highest BCUT2D eigenvalue weighted by Gasteiger charge is 2.15. The van der Waals surface area contributed by atoms with Crippen molar-refractivity contribution >= 4 is 23.1 Å². The summed E-state index contributed by atoms with van der Waals surface area (Å²) < 4.78 is 5.12. The van der Waals surface area contributed by atoms with Gasteiger partial charge < -0.3 is 15.0 Å². The van der Waals surface area contributed by atoms with Gasteiger partial charge in [-0.1, -0.05) is 18.2 Å². The van der Waals surface area contributed by atoms with E-state index >= 15 is 0 Å². The highest BCUT2D eigenvalue weighted by molar-refractivity contribution is 6.04. The summed E-state index contributed by atoms with van der Waals surface area (Å²) >= 11 is 0. The Labute approximate surface area is 146 Å². The number of hydrogen-bond donors (Lipinski definition) is 1. The zero-order chi connectivity index (χ0) is 17.6. The van der Waals surface area contributed by atoms with Crippen molar-refractivity contribution in [3.05, 3.63) is 72.7 Å². The summed E-state index contributed by atoms with van der Waals surface area (Å²) in [4.78, 5) is 22.5. The standard InChI is InChI=1S/C19H18N4O2/c1-23(15-6-4-3-5-7-15)19(24)17-12-21-18(13-20-17)22-14-8-10-16(25-2)11-9-14/h3-13H,1-2H3,(H,21,22). The van der Waals surface area contributed by atoms with Gasteiger partial charge in [0.25, 0.3) is 5.91 Å². The number of carbonyl (C=O) groups is 1. The monoisotopic (exact) mass is 334 g/mol. The van der Waals surface area contributed by atoms with Crippen molar-refractivity contribution in [3.63, 3.8) is 0 Å². The van der Waals surface area contributed by atoms with Gasteiger partial charge in [0.2, 0.25) is 0 Å². The summed E-state index contributed by atoms with van der Waals surface area (Å²) in [6.45, 7) is 0. The molecule has 0 fully saturated rings. The molecule has 6 heteroatoms. The Bertz CT molecular complexity index is 834. The summed E-state index contributed by atoms with van der Waals surface area (Å²) in [6.07, 6.45) is 3.00. The molecule has 1 aromatic heterocycles. The van der Waals surface area contributed by atoms with Crippen molar-refractivity contribution in [2.24, 2.45) is 0 Å². The fourth-order valence-corrected chi connectivity index (χ4v) is 2.27. The van der Waals surface area contributed by atoms with Gasteiger partial charge >= 0.3 is 0 Å². The summed E-state index contributed by atoms with van der Waals surface area (Å²) in [5, 5.41) is 3.13. The second kappa shape index (κ2) is 7.44. The number of anilines is 3. The first-order chi connectivity index (χ1) is 12.2. The molecule has 0 aliphatic rings. The normalized spacial score (nSPS) is 10.2. The number of carbonyl (C=O) groups excluding carboxylic acids is 1. The predicted molar refractivity (Wildman–Crippen MR) is 97.5 cm³/mol. The fourth-order valence-electron chi connectivity index (χ4n) is 2.27. The van der Waals surface area contributed by atoms with Crippen molar-refractivity contribution in [1.82, 2.24) is 9.97 Å². The summed E-state index contributed by atoms with van der Waals surface area (Å²) in [5.41, 5.74) is 1.94. The number of para-hydroxylation sites is 1. The smallest absolute Gasteiger partial charge is 0.278 e. The van der Waals surface area contributed by atoms with Crippen LogP contribution in [0.3, 0.4) is 0 Å². The molecule has 3 rings (SSSR count). The van der Waals surface area contributed by atoms with Gasteiger partial charge in [0.05, 0.1) is 19.5 Å². The molecule has 1 heterocycles. The van der Waals surface area contributed by atoms with Crippen LogP contribution in [-0.4, -0.2) is 30.0 Å². The van der Waals surface area contributed by atoms with Gasteiger partial charge in [-0.2, -0.15) is 0 Å². The molecule has 25 heavy (non-hydrogen) atoms. The maximum Gasteiger partial charge on any atom is 0.278 e. The molecule has 0 aliphatic carbocycles. The molecule has 0 radical (unpaired) electrons. The number of benzene rings is 2. The van der Waals surface area contributed by atoms with Crippen molar-refractivity contribution in [2.45, 2.75) is 0 Å². The minimum absolute atomic E-state index is 0.213. The van der Waals surface area contributed by atoms with Crippen LogP contribution in [0.15, 0.2) is 67.0 Å². The van der Waals surface area contributed by atoms with Crippen LogP contribution in [0.25, 0.3) is 0 Å². The molecular weight excluding hydrogens is 316 g/mol. The Morgan fingerprint density at radius 1 is 1.00 bits per heavy atom. The number of ether oxygens (including phenoxy) is 1. The van der Waals surface area contributed by atoms with E-state index in [1.165, 1.54) is 12.4 Å². The van der Waals surface area contributed by atoms with Gasteiger partial charge in [-0.15, -0.1) is 0 Å². The predicted octanol–water partition coefficient (Wildman–Crippen LogP) is 3.51. The lowest BCUT2D eigenvalue weighted by atomic mass is 10.3. The first-order valence-corrected chi connectivity index (χ1v) is 7.73. The zero-order valence-corrected chi connectivity index (χ0v) is 14.0. The van der Waals surface area contributed by atoms with E-state index in [1.807, 2.05) is 54.6 Å². The van der Waals surface area contributed by atoms with Crippen LogP contribution in [0.5, 0.6) is 5.75 Å². The second-order valence-electron chi connectivity index (χ2n) is 5.34. The van der Waals surface area contributed by atoms with Crippen LogP contribution in [0, 0.1) is 0 Å². The van der Waals surface area contributed by atoms with Crippen LogP contribution in [-0.2, 0) is 0 Å². The molecule has 0 spiro atoms. The minimum atomic E-state index is -0.213. The molecule has 0 unspecified atom stereocenters. The third-order valence-corrected chi connectivity index (χ3v) is 3.68. The van der Waals surface area contributed by atoms with Gasteiger partial charge in [0.1, 0.15) is 17.3 Å². The second-order valence-corrected chi connectivity index (χ2v) is 5.34. The number of hydrogen-bond acceptors (Lipinski definition) is 5. The van der Waals surface area contributed by atoms with E-state index in [9.17, 15) is 4.79 Å². The third-order valence-electron chi connectivity index (χ3n) is 3.68. The van der Waals surface area contributed by atoms with E-state index in [2.05, 4.69) is 15.3 Å². The van der Waals surface area contributed by atoms with E-state index < -0.39 is 0 Å². The van der Waals surface area contributed by atoms with Gasteiger partial charge in [0, 0.05) is 18.4 Å². The number of rotatable bonds is 5. The zero-order valence-electron chi connectivity index (χ0n) is 14.0. The van der Waals surface area contributed by atoms with E-state index in [1.54, 1.807) is 19.1 Å². The molecule has 3 aromatic rings. The highest BCUT2D eigenvalue weighted by atomic mass is 16.5. The van der Waals surface area contributed by atoms with E-state index in [0.717, 1.165) is 17.1 Å². The molecule has 6 nitrogen and oxygen atoms in total. The highest BCUT2D eigenvalue weighted by Crippen LogP contribution is 2.19. The number of aromatic nitrogens is 2. The number of nitrogens with one attached hydrogen (secondary N) is 1.